The van der Waals surface area contributed by atoms with Gasteiger partial charge in [-0.25, -0.2) is 4.79 Å². The van der Waals surface area contributed by atoms with Gasteiger partial charge in [-0.15, -0.1) is 0 Å². The molecule has 0 aromatic heterocycles. The number of carbonyl (C=O) groups excluding carboxylic acids is 4. The molecule has 4 atom stereocenters. The lowest BCUT2D eigenvalue weighted by molar-refractivity contribution is -0.143. The lowest BCUT2D eigenvalue weighted by Gasteiger charge is -2.26. The first-order chi connectivity index (χ1) is 18.3. The first-order valence-corrected chi connectivity index (χ1v) is 12.6. The third-order valence-corrected chi connectivity index (χ3v) is 5.57. The number of rotatable bonds is 17. The summed E-state index contributed by atoms with van der Waals surface area (Å²) in [5.74, 6) is -4.61. The molecule has 0 radical (unpaired) electrons. The Labute approximate surface area is 227 Å². The monoisotopic (exact) mass is 548 g/mol. The number of aliphatic imine (C=N–C) groups is 1. The van der Waals surface area contributed by atoms with Crippen molar-refractivity contribution >= 4 is 35.6 Å². The maximum atomic E-state index is 13.2. The SMILES string of the molecule is CC(C)CC(NC(=O)C(N)Cc1ccccc1)C(=O)NC(CCCN=C(N)N)C(=O)NC(CC(N)=O)C(=O)O. The molecule has 4 amide bonds. The van der Waals surface area contributed by atoms with Crippen molar-refractivity contribution in [3.8, 4) is 0 Å². The molecular formula is C25H40N8O6. The molecule has 0 saturated carbocycles. The Morgan fingerprint density at radius 1 is 0.872 bits per heavy atom. The predicted molar refractivity (Wildman–Crippen MR) is 145 cm³/mol. The second-order valence-electron chi connectivity index (χ2n) is 9.57. The van der Waals surface area contributed by atoms with Gasteiger partial charge >= 0.3 is 5.97 Å². The maximum Gasteiger partial charge on any atom is 0.326 e. The number of carbonyl (C=O) groups is 5. The third-order valence-electron chi connectivity index (χ3n) is 5.57. The van der Waals surface area contributed by atoms with Crippen LogP contribution >= 0.6 is 0 Å². The molecule has 0 spiro atoms. The van der Waals surface area contributed by atoms with Crippen molar-refractivity contribution in [3.05, 3.63) is 35.9 Å². The normalized spacial score (nSPS) is 13.8. The maximum absolute atomic E-state index is 13.2. The fourth-order valence-corrected chi connectivity index (χ4v) is 3.66. The molecule has 14 heteroatoms. The van der Waals surface area contributed by atoms with Gasteiger partial charge in [-0.1, -0.05) is 44.2 Å². The first kappa shape index (κ1) is 32.8. The highest BCUT2D eigenvalue weighted by Gasteiger charge is 2.31. The van der Waals surface area contributed by atoms with Crippen LogP contribution in [0, 0.1) is 5.92 Å². The highest BCUT2D eigenvalue weighted by Crippen LogP contribution is 2.09. The second-order valence-corrected chi connectivity index (χ2v) is 9.57. The number of aliphatic carboxylic acids is 1. The van der Waals surface area contributed by atoms with E-state index >= 15 is 0 Å². The highest BCUT2D eigenvalue weighted by molar-refractivity contribution is 5.95. The summed E-state index contributed by atoms with van der Waals surface area (Å²) in [5.41, 5.74) is 22.6. The van der Waals surface area contributed by atoms with Crippen LogP contribution in [-0.2, 0) is 30.4 Å². The lowest BCUT2D eigenvalue weighted by Crippen LogP contribution is -2.57. The smallest absolute Gasteiger partial charge is 0.326 e. The standard InChI is InChI=1S/C25H40N8O6/c1-14(2)11-18(32-21(35)16(26)12-15-7-4-3-5-8-15)23(37)31-17(9-6-10-30-25(28)29)22(36)33-19(24(38)39)13-20(27)34/h3-5,7-8,14,16-19H,6,9-13,26H2,1-2H3,(H2,27,34)(H,31,37)(H,32,35)(H,33,36)(H,38,39)(H4,28,29,30). The first-order valence-electron chi connectivity index (χ1n) is 12.6. The van der Waals surface area contributed by atoms with Crippen molar-refractivity contribution in [2.24, 2.45) is 33.8 Å². The molecule has 0 bridgehead atoms. The van der Waals surface area contributed by atoms with Gasteiger partial charge < -0.3 is 44.0 Å². The van der Waals surface area contributed by atoms with Gasteiger partial charge in [0, 0.05) is 6.54 Å². The van der Waals surface area contributed by atoms with Crippen molar-refractivity contribution < 1.29 is 29.1 Å². The number of guanidine groups is 1. The highest BCUT2D eigenvalue weighted by atomic mass is 16.4. The van der Waals surface area contributed by atoms with Gasteiger partial charge in [-0.2, -0.15) is 0 Å². The molecule has 216 valence electrons. The molecule has 0 heterocycles. The van der Waals surface area contributed by atoms with Gasteiger partial charge in [-0.05, 0) is 37.2 Å². The Morgan fingerprint density at radius 3 is 1.97 bits per heavy atom. The van der Waals surface area contributed by atoms with E-state index in [1.54, 1.807) is 0 Å². The van der Waals surface area contributed by atoms with Crippen LogP contribution in [0.15, 0.2) is 35.3 Å². The van der Waals surface area contributed by atoms with Crippen molar-refractivity contribution in [2.45, 2.75) is 70.1 Å². The van der Waals surface area contributed by atoms with Crippen LogP contribution in [0.2, 0.25) is 0 Å². The summed E-state index contributed by atoms with van der Waals surface area (Å²) in [6.45, 7) is 3.86. The number of hydrogen-bond donors (Lipinski definition) is 8. The Kier molecular flexibility index (Phi) is 14.0. The summed E-state index contributed by atoms with van der Waals surface area (Å²) in [5, 5.41) is 16.8. The van der Waals surface area contributed by atoms with Gasteiger partial charge in [-0.3, -0.25) is 24.2 Å². The van der Waals surface area contributed by atoms with Crippen molar-refractivity contribution in [1.82, 2.24) is 16.0 Å². The Bertz CT molecular complexity index is 1010. The van der Waals surface area contributed by atoms with Crippen LogP contribution in [0.1, 0.15) is 45.1 Å². The zero-order valence-electron chi connectivity index (χ0n) is 22.3. The molecule has 0 aliphatic heterocycles. The number of amides is 4. The van der Waals surface area contributed by atoms with E-state index < -0.39 is 60.2 Å². The lowest BCUT2D eigenvalue weighted by atomic mass is 10.0. The van der Waals surface area contributed by atoms with Gasteiger partial charge in [0.05, 0.1) is 12.5 Å². The van der Waals surface area contributed by atoms with E-state index in [4.69, 9.17) is 22.9 Å². The van der Waals surface area contributed by atoms with E-state index in [2.05, 4.69) is 20.9 Å². The zero-order valence-corrected chi connectivity index (χ0v) is 22.3. The number of benzene rings is 1. The Balaban J connectivity index is 3.03. The Morgan fingerprint density at radius 2 is 1.44 bits per heavy atom. The van der Waals surface area contributed by atoms with E-state index in [0.29, 0.717) is 0 Å². The minimum absolute atomic E-state index is 0.00695. The molecule has 1 aromatic carbocycles. The molecule has 0 aliphatic carbocycles. The van der Waals surface area contributed by atoms with Crippen LogP contribution in [0.3, 0.4) is 0 Å². The molecule has 0 saturated heterocycles. The predicted octanol–water partition coefficient (Wildman–Crippen LogP) is -1.93. The average Bonchev–Trinajstić information content (AvgIpc) is 2.84. The van der Waals surface area contributed by atoms with E-state index in [9.17, 15) is 29.1 Å². The van der Waals surface area contributed by atoms with Gasteiger partial charge in [0.15, 0.2) is 5.96 Å². The molecule has 12 N–H and O–H groups in total. The summed E-state index contributed by atoms with van der Waals surface area (Å²) in [4.78, 5) is 65.6. The number of nitrogens with two attached hydrogens (primary N) is 4. The van der Waals surface area contributed by atoms with Crippen molar-refractivity contribution in [3.63, 3.8) is 0 Å². The summed E-state index contributed by atoms with van der Waals surface area (Å²) < 4.78 is 0. The Hall–Kier alpha value is -4.20. The van der Waals surface area contributed by atoms with Crippen LogP contribution in [0.4, 0.5) is 0 Å². The number of carboxylic acids is 1. The number of primary amides is 1. The van der Waals surface area contributed by atoms with Crippen molar-refractivity contribution in [1.29, 1.82) is 0 Å². The van der Waals surface area contributed by atoms with E-state index in [-0.39, 0.29) is 44.1 Å². The van der Waals surface area contributed by atoms with Crippen LogP contribution < -0.4 is 38.9 Å². The average molecular weight is 549 g/mol. The molecule has 0 fully saturated rings. The van der Waals surface area contributed by atoms with E-state index in [1.165, 1.54) is 0 Å². The van der Waals surface area contributed by atoms with E-state index in [1.807, 2.05) is 44.2 Å². The quantitative estimate of drug-likeness (QED) is 0.0611. The molecule has 4 unspecified atom stereocenters. The summed E-state index contributed by atoms with van der Waals surface area (Å²) >= 11 is 0. The van der Waals surface area contributed by atoms with E-state index in [0.717, 1.165) is 5.56 Å². The molecular weight excluding hydrogens is 508 g/mol. The van der Waals surface area contributed by atoms with Crippen molar-refractivity contribution in [2.75, 3.05) is 6.54 Å². The summed E-state index contributed by atoms with van der Waals surface area (Å²) in [6.07, 6.45) is 0.160. The van der Waals surface area contributed by atoms with Gasteiger partial charge in [0.25, 0.3) is 0 Å². The minimum atomic E-state index is -1.59. The number of carboxylic acid groups (broad SMARTS) is 1. The van der Waals surface area contributed by atoms with Gasteiger partial charge in [0.1, 0.15) is 18.1 Å². The topological polar surface area (TPSA) is 258 Å². The second kappa shape index (κ2) is 16.6. The number of hydrogen-bond acceptors (Lipinski definition) is 7. The molecule has 14 nitrogen and oxygen atoms in total. The fourth-order valence-electron chi connectivity index (χ4n) is 3.66. The largest absolute Gasteiger partial charge is 0.480 e. The summed E-state index contributed by atoms with van der Waals surface area (Å²) in [6, 6.07) is 4.41. The van der Waals surface area contributed by atoms with Crippen LogP contribution in [0.5, 0.6) is 0 Å². The number of nitrogens with zero attached hydrogens (tertiary/aromatic N) is 1. The molecule has 1 rings (SSSR count). The zero-order chi connectivity index (χ0) is 29.5. The van der Waals surface area contributed by atoms with Crippen LogP contribution in [-0.4, -0.2) is 71.4 Å². The van der Waals surface area contributed by atoms with Gasteiger partial charge in [0.2, 0.25) is 23.6 Å². The molecule has 39 heavy (non-hydrogen) atoms. The molecule has 1 aromatic rings. The minimum Gasteiger partial charge on any atom is -0.480 e. The third kappa shape index (κ3) is 13.2. The molecule has 0 aliphatic rings. The van der Waals surface area contributed by atoms with Crippen LogP contribution in [0.25, 0.3) is 0 Å². The number of nitrogens with one attached hydrogen (secondary N) is 3. The fraction of sp³-hybridized carbons (Fsp3) is 0.520. The summed E-state index contributed by atoms with van der Waals surface area (Å²) in [7, 11) is 0.